The van der Waals surface area contributed by atoms with E-state index in [1.165, 1.54) is 24.4 Å². The third-order valence-electron chi connectivity index (χ3n) is 6.67. The van der Waals surface area contributed by atoms with E-state index in [0.717, 1.165) is 17.0 Å². The number of nitrogens with zero attached hydrogens (tertiary/aromatic N) is 5. The molecule has 0 aliphatic carbocycles. The maximum atomic E-state index is 13.8. The lowest BCUT2D eigenvalue weighted by molar-refractivity contribution is 0.221. The molecule has 4 N–H and O–H groups in total. The summed E-state index contributed by atoms with van der Waals surface area (Å²) >= 11 is 12.8. The average Bonchev–Trinajstić information content (AvgIpc) is 3.64. The number of nitrogens with one attached hydrogen (secondary N) is 4. The molecule has 2 aromatic carbocycles. The Labute approximate surface area is 252 Å². The van der Waals surface area contributed by atoms with Gasteiger partial charge in [-0.05, 0) is 56.7 Å². The van der Waals surface area contributed by atoms with Gasteiger partial charge in [0.25, 0.3) is 0 Å². The van der Waals surface area contributed by atoms with Crippen molar-refractivity contribution in [2.24, 2.45) is 0 Å². The van der Waals surface area contributed by atoms with Gasteiger partial charge in [0.1, 0.15) is 11.9 Å². The lowest BCUT2D eigenvalue weighted by atomic mass is 10.0. The predicted octanol–water partition coefficient (Wildman–Crippen LogP) is 7.05. The van der Waals surface area contributed by atoms with E-state index in [1.54, 1.807) is 18.6 Å². The molecule has 0 bridgehead atoms. The molecule has 3 heterocycles. The zero-order valence-corrected chi connectivity index (χ0v) is 24.6. The molecule has 0 spiro atoms. The molecule has 42 heavy (non-hydrogen) atoms. The van der Waals surface area contributed by atoms with Crippen LogP contribution in [0.25, 0.3) is 22.7 Å². The Morgan fingerprint density at radius 3 is 2.64 bits per heavy atom. The van der Waals surface area contributed by atoms with E-state index in [4.69, 9.17) is 23.2 Å². The molecule has 0 fully saturated rings. The highest BCUT2D eigenvalue weighted by molar-refractivity contribution is 6.36. The highest BCUT2D eigenvalue weighted by atomic mass is 35.5. The van der Waals surface area contributed by atoms with Gasteiger partial charge in [0.05, 0.1) is 56.8 Å². The van der Waals surface area contributed by atoms with Gasteiger partial charge in [-0.25, -0.2) is 9.37 Å². The van der Waals surface area contributed by atoms with Crippen LogP contribution in [0, 0.1) is 17.1 Å². The number of halogens is 3. The Balaban J connectivity index is 1.60. The molecule has 0 saturated heterocycles. The Morgan fingerprint density at radius 1 is 1.17 bits per heavy atom. The highest BCUT2D eigenvalue weighted by Crippen LogP contribution is 2.37. The molecule has 0 unspecified atom stereocenters. The number of hydrogen-bond acceptors (Lipinski definition) is 8. The molecular weight excluding hydrogens is 576 g/mol. The maximum absolute atomic E-state index is 13.8. The summed E-state index contributed by atoms with van der Waals surface area (Å²) in [6, 6.07) is 9.80. The van der Waals surface area contributed by atoms with Crippen molar-refractivity contribution in [3.05, 3.63) is 101 Å². The van der Waals surface area contributed by atoms with Crippen molar-refractivity contribution in [3.63, 3.8) is 0 Å². The molecule has 9 nitrogen and oxygen atoms in total. The summed E-state index contributed by atoms with van der Waals surface area (Å²) in [5, 5.41) is 19.5. The summed E-state index contributed by atoms with van der Waals surface area (Å²) in [7, 11) is 0. The normalized spacial score (nSPS) is 13.8. The Bertz CT molecular complexity index is 1770. The van der Waals surface area contributed by atoms with Crippen LogP contribution in [0.1, 0.15) is 32.0 Å². The van der Waals surface area contributed by atoms with Crippen LogP contribution in [0.15, 0.2) is 73.6 Å². The fourth-order valence-corrected chi connectivity index (χ4v) is 5.00. The van der Waals surface area contributed by atoms with E-state index in [-0.39, 0.29) is 16.6 Å². The lowest BCUT2D eigenvalue weighted by Gasteiger charge is -2.24. The number of allylic oxidation sites excluding steroid dienone is 1. The molecule has 4 aromatic rings. The predicted molar refractivity (Wildman–Crippen MR) is 167 cm³/mol. The molecule has 0 radical (unpaired) electrons. The summed E-state index contributed by atoms with van der Waals surface area (Å²) in [6.07, 6.45) is 10.7. The number of rotatable bonds is 9. The Hall–Kier alpha value is -4.56. The van der Waals surface area contributed by atoms with Crippen molar-refractivity contribution in [1.82, 2.24) is 30.5 Å². The van der Waals surface area contributed by atoms with Crippen LogP contribution in [0.4, 0.5) is 21.5 Å². The summed E-state index contributed by atoms with van der Waals surface area (Å²) in [5.74, 6) is -0.542. The standard InChI is InChI=1S/C30H28Cl2FN9/c1-5-8-41-16-35-14-27(41)18(4)28(26-15-42(17(2)3)40-39-26)38-21-9-22-29(37-20-6-7-25(33)23(31)10-20)19(12-34)13-36-30(22)24(32)11-21/h5-11,13-17,28,38-40H,4H2,1-3H3,(H,36,37)/b8-5-/t28-/m0/s1. The third-order valence-corrected chi connectivity index (χ3v) is 7.25. The molecular formula is C30H28Cl2FN9. The topological polar surface area (TPSA) is 106 Å². The molecule has 1 atom stereocenters. The van der Waals surface area contributed by atoms with Crippen molar-refractivity contribution >= 4 is 62.9 Å². The molecule has 12 heteroatoms. The minimum Gasteiger partial charge on any atom is -0.373 e. The summed E-state index contributed by atoms with van der Waals surface area (Å²) < 4.78 is 15.7. The molecule has 2 aromatic heterocycles. The van der Waals surface area contributed by atoms with Gasteiger partial charge in [0, 0.05) is 41.4 Å². The van der Waals surface area contributed by atoms with Gasteiger partial charge < -0.3 is 20.6 Å². The van der Waals surface area contributed by atoms with Gasteiger partial charge >= 0.3 is 0 Å². The molecule has 5 rings (SSSR count). The van der Waals surface area contributed by atoms with E-state index in [0.29, 0.717) is 33.0 Å². The summed E-state index contributed by atoms with van der Waals surface area (Å²) in [6.45, 7) is 10.5. The van der Waals surface area contributed by atoms with Crippen molar-refractivity contribution in [2.45, 2.75) is 32.9 Å². The summed E-state index contributed by atoms with van der Waals surface area (Å²) in [4.78, 5) is 8.75. The number of nitriles is 1. The van der Waals surface area contributed by atoms with E-state index in [1.807, 2.05) is 41.0 Å². The molecule has 1 aliphatic rings. The second-order valence-electron chi connectivity index (χ2n) is 9.86. The summed E-state index contributed by atoms with van der Waals surface area (Å²) in [5.41, 5.74) is 11.2. The first-order valence-electron chi connectivity index (χ1n) is 13.1. The smallest absolute Gasteiger partial charge is 0.141 e. The van der Waals surface area contributed by atoms with Gasteiger partial charge in [-0.2, -0.15) is 5.26 Å². The maximum Gasteiger partial charge on any atom is 0.141 e. The number of anilines is 3. The van der Waals surface area contributed by atoms with Crippen molar-refractivity contribution in [2.75, 3.05) is 10.6 Å². The van der Waals surface area contributed by atoms with Crippen LogP contribution in [-0.4, -0.2) is 31.6 Å². The fourth-order valence-electron chi connectivity index (χ4n) is 4.55. The van der Waals surface area contributed by atoms with Gasteiger partial charge in [-0.3, -0.25) is 9.99 Å². The van der Waals surface area contributed by atoms with Gasteiger partial charge in [0.15, 0.2) is 0 Å². The second kappa shape index (κ2) is 12.1. The van der Waals surface area contributed by atoms with Gasteiger partial charge in [-0.15, -0.1) is 5.53 Å². The van der Waals surface area contributed by atoms with Crippen molar-refractivity contribution in [1.29, 1.82) is 5.26 Å². The van der Waals surface area contributed by atoms with Crippen LogP contribution >= 0.6 is 23.2 Å². The van der Waals surface area contributed by atoms with Crippen molar-refractivity contribution in [3.8, 4) is 6.07 Å². The van der Waals surface area contributed by atoms with Crippen LogP contribution in [-0.2, 0) is 0 Å². The van der Waals surface area contributed by atoms with Crippen LogP contribution in [0.3, 0.4) is 0 Å². The minimum absolute atomic E-state index is 0.0443. The molecule has 1 aliphatic heterocycles. The first-order chi connectivity index (χ1) is 20.2. The zero-order valence-electron chi connectivity index (χ0n) is 23.1. The van der Waals surface area contributed by atoms with Gasteiger partial charge in [-0.1, -0.05) is 35.9 Å². The first-order valence-corrected chi connectivity index (χ1v) is 13.8. The number of fused-ring (bicyclic) bond motifs is 1. The third kappa shape index (κ3) is 5.76. The number of hydrogen-bond donors (Lipinski definition) is 4. The Morgan fingerprint density at radius 2 is 1.95 bits per heavy atom. The number of imidazole rings is 1. The largest absolute Gasteiger partial charge is 0.373 e. The average molecular weight is 605 g/mol. The highest BCUT2D eigenvalue weighted by Gasteiger charge is 2.27. The number of hydrazine groups is 2. The number of benzene rings is 2. The fraction of sp³-hybridized carbons (Fsp3) is 0.167. The van der Waals surface area contributed by atoms with Crippen molar-refractivity contribution < 1.29 is 4.39 Å². The van der Waals surface area contributed by atoms with E-state index in [9.17, 15) is 9.65 Å². The number of pyridine rings is 1. The Kier molecular flexibility index (Phi) is 8.36. The van der Waals surface area contributed by atoms with E-state index >= 15 is 0 Å². The minimum atomic E-state index is -0.542. The first kappa shape index (κ1) is 29.0. The monoisotopic (exact) mass is 603 g/mol. The molecule has 0 amide bonds. The van der Waals surface area contributed by atoms with Crippen LogP contribution in [0.2, 0.25) is 10.0 Å². The van der Waals surface area contributed by atoms with Crippen LogP contribution in [0.5, 0.6) is 0 Å². The van der Waals surface area contributed by atoms with E-state index in [2.05, 4.69) is 58.1 Å². The molecule has 214 valence electrons. The van der Waals surface area contributed by atoms with Gasteiger partial charge in [0.2, 0.25) is 0 Å². The van der Waals surface area contributed by atoms with Crippen LogP contribution < -0.4 is 21.6 Å². The second-order valence-corrected chi connectivity index (χ2v) is 10.7. The SMILES string of the molecule is C=C(c1cncn1/C=C\C)[C@H](Nc1cc(Cl)c2ncc(C#N)c(Nc3ccc(F)c(Cl)c3)c2c1)C1=CN(C(C)C)NN1. The quantitative estimate of drug-likeness (QED) is 0.161. The molecule has 0 saturated carbocycles. The lowest BCUT2D eigenvalue weighted by Crippen LogP contribution is -2.42. The number of aromatic nitrogens is 3. The van der Waals surface area contributed by atoms with E-state index < -0.39 is 11.9 Å². The zero-order chi connectivity index (χ0) is 30.0.